The Morgan fingerprint density at radius 1 is 1.53 bits per heavy atom. The van der Waals surface area contributed by atoms with Crippen molar-refractivity contribution in [1.29, 1.82) is 0 Å². The van der Waals surface area contributed by atoms with Crippen LogP contribution in [0.1, 0.15) is 6.92 Å². The van der Waals surface area contributed by atoms with Gasteiger partial charge >= 0.3 is 0 Å². The lowest BCUT2D eigenvalue weighted by molar-refractivity contribution is -0.384. The highest BCUT2D eigenvalue weighted by atomic mass is 16.6. The minimum absolute atomic E-state index is 0.0403. The molecule has 0 spiro atoms. The van der Waals surface area contributed by atoms with Gasteiger partial charge in [0, 0.05) is 6.54 Å². The van der Waals surface area contributed by atoms with E-state index in [2.05, 4.69) is 20.4 Å². The van der Waals surface area contributed by atoms with Crippen LogP contribution in [-0.2, 0) is 0 Å². The molecule has 0 aliphatic rings. The van der Waals surface area contributed by atoms with Gasteiger partial charge < -0.3 is 5.32 Å². The zero-order valence-corrected chi connectivity index (χ0v) is 9.07. The molecule has 2 aromatic rings. The first kappa shape index (κ1) is 11.0. The molecule has 8 nitrogen and oxygen atoms in total. The largest absolute Gasteiger partial charge is 0.370 e. The first-order chi connectivity index (χ1) is 8.20. The molecule has 0 unspecified atom stereocenters. The van der Waals surface area contributed by atoms with Gasteiger partial charge in [0.2, 0.25) is 0 Å². The predicted octanol–water partition coefficient (Wildman–Crippen LogP) is 1.00. The molecule has 2 aromatic heterocycles. The summed E-state index contributed by atoms with van der Waals surface area (Å²) in [5.74, 6) is 0.792. The predicted molar refractivity (Wildman–Crippen MR) is 60.0 cm³/mol. The molecule has 0 atom stereocenters. The summed E-state index contributed by atoms with van der Waals surface area (Å²) >= 11 is 0. The van der Waals surface area contributed by atoms with E-state index in [1.807, 2.05) is 6.92 Å². The number of aromatic nitrogens is 4. The number of anilines is 1. The van der Waals surface area contributed by atoms with Gasteiger partial charge in [0.05, 0.1) is 17.1 Å². The fourth-order valence-electron chi connectivity index (χ4n) is 1.32. The molecule has 0 amide bonds. The number of pyridine rings is 1. The van der Waals surface area contributed by atoms with Crippen molar-refractivity contribution in [1.82, 2.24) is 19.7 Å². The molecule has 2 heterocycles. The molecule has 0 saturated carbocycles. The van der Waals surface area contributed by atoms with E-state index in [9.17, 15) is 10.1 Å². The normalized spacial score (nSPS) is 10.2. The van der Waals surface area contributed by atoms with E-state index in [1.165, 1.54) is 29.5 Å². The number of hydrogen-bond acceptors (Lipinski definition) is 6. The van der Waals surface area contributed by atoms with Gasteiger partial charge in [-0.25, -0.2) is 14.6 Å². The highest BCUT2D eigenvalue weighted by Crippen LogP contribution is 2.19. The van der Waals surface area contributed by atoms with Crippen LogP contribution in [0, 0.1) is 10.1 Å². The topological polar surface area (TPSA) is 98.8 Å². The van der Waals surface area contributed by atoms with Crippen LogP contribution in [-0.4, -0.2) is 31.2 Å². The summed E-state index contributed by atoms with van der Waals surface area (Å²) in [6.07, 6.45) is 2.77. The van der Waals surface area contributed by atoms with E-state index in [-0.39, 0.29) is 5.69 Å². The van der Waals surface area contributed by atoms with Gasteiger partial charge in [-0.05, 0) is 6.92 Å². The van der Waals surface area contributed by atoms with Crippen molar-refractivity contribution in [2.45, 2.75) is 6.92 Å². The number of rotatable bonds is 4. The SMILES string of the molecule is CCNc1cc([N+](=O)[O-])cc(-n2cncn2)n1. The smallest absolute Gasteiger partial charge is 0.276 e. The van der Waals surface area contributed by atoms with Crippen LogP contribution in [0.4, 0.5) is 11.5 Å². The molecule has 2 rings (SSSR count). The summed E-state index contributed by atoms with van der Waals surface area (Å²) in [5.41, 5.74) is -0.0403. The molecule has 88 valence electrons. The van der Waals surface area contributed by atoms with Crippen molar-refractivity contribution >= 4 is 11.5 Å². The van der Waals surface area contributed by atoms with E-state index < -0.39 is 4.92 Å². The minimum Gasteiger partial charge on any atom is -0.370 e. The van der Waals surface area contributed by atoms with Gasteiger partial charge in [0.15, 0.2) is 5.82 Å². The average Bonchev–Trinajstić information content (AvgIpc) is 2.82. The number of nitro groups is 1. The molecule has 1 N–H and O–H groups in total. The van der Waals surface area contributed by atoms with Crippen molar-refractivity contribution in [2.75, 3.05) is 11.9 Å². The molecule has 0 fully saturated rings. The second-order valence-electron chi connectivity index (χ2n) is 3.20. The Morgan fingerprint density at radius 3 is 2.94 bits per heavy atom. The Balaban J connectivity index is 2.48. The maximum Gasteiger partial charge on any atom is 0.276 e. The molecule has 8 heteroatoms. The maximum absolute atomic E-state index is 10.8. The van der Waals surface area contributed by atoms with Crippen molar-refractivity contribution < 1.29 is 4.92 Å². The van der Waals surface area contributed by atoms with E-state index in [4.69, 9.17) is 0 Å². The number of hydrogen-bond donors (Lipinski definition) is 1. The van der Waals surface area contributed by atoms with Gasteiger partial charge in [0.25, 0.3) is 5.69 Å². The third-order valence-electron chi connectivity index (χ3n) is 2.02. The van der Waals surface area contributed by atoms with Gasteiger partial charge in [-0.2, -0.15) is 5.10 Å². The third kappa shape index (κ3) is 2.36. The zero-order chi connectivity index (χ0) is 12.3. The van der Waals surface area contributed by atoms with Crippen LogP contribution in [0.15, 0.2) is 24.8 Å². The van der Waals surface area contributed by atoms with Crippen LogP contribution in [0.2, 0.25) is 0 Å². The minimum atomic E-state index is -0.469. The molecule has 0 saturated heterocycles. The van der Waals surface area contributed by atoms with Gasteiger partial charge in [-0.3, -0.25) is 10.1 Å². The molecular formula is C9H10N6O2. The lowest BCUT2D eigenvalue weighted by atomic mass is 10.3. The Kier molecular flexibility index (Phi) is 2.95. The van der Waals surface area contributed by atoms with Crippen LogP contribution in [0.3, 0.4) is 0 Å². The van der Waals surface area contributed by atoms with E-state index >= 15 is 0 Å². The molecule has 17 heavy (non-hydrogen) atoms. The lowest BCUT2D eigenvalue weighted by Crippen LogP contribution is -2.05. The summed E-state index contributed by atoms with van der Waals surface area (Å²) in [7, 11) is 0. The van der Waals surface area contributed by atoms with E-state index in [0.29, 0.717) is 18.2 Å². The van der Waals surface area contributed by atoms with Crippen LogP contribution in [0.5, 0.6) is 0 Å². The second-order valence-corrected chi connectivity index (χ2v) is 3.20. The van der Waals surface area contributed by atoms with Crippen molar-refractivity contribution in [2.24, 2.45) is 0 Å². The van der Waals surface area contributed by atoms with Crippen LogP contribution >= 0.6 is 0 Å². The van der Waals surface area contributed by atoms with Crippen LogP contribution in [0.25, 0.3) is 5.82 Å². The maximum atomic E-state index is 10.8. The Bertz CT molecular complexity index is 524. The summed E-state index contributed by atoms with van der Waals surface area (Å²) in [4.78, 5) is 18.3. The average molecular weight is 234 g/mol. The summed E-state index contributed by atoms with van der Waals surface area (Å²) in [5, 5.41) is 17.6. The highest BCUT2D eigenvalue weighted by molar-refractivity contribution is 5.50. The van der Waals surface area contributed by atoms with Crippen LogP contribution < -0.4 is 5.32 Å². The Labute approximate surface area is 96.5 Å². The summed E-state index contributed by atoms with van der Waals surface area (Å²) < 4.78 is 1.37. The van der Waals surface area contributed by atoms with Crippen molar-refractivity contribution in [3.8, 4) is 5.82 Å². The molecule has 0 bridgehead atoms. The second kappa shape index (κ2) is 4.56. The quantitative estimate of drug-likeness (QED) is 0.625. The standard InChI is InChI=1S/C9H10N6O2/c1-2-11-8-3-7(15(16)17)4-9(13-8)14-6-10-5-12-14/h3-6H,2H2,1H3,(H,11,13). The molecule has 0 aliphatic carbocycles. The molecule has 0 aliphatic heterocycles. The zero-order valence-electron chi connectivity index (χ0n) is 9.07. The Hall–Kier alpha value is -2.51. The molecule has 0 aromatic carbocycles. The van der Waals surface area contributed by atoms with E-state index in [0.717, 1.165) is 0 Å². The molecular weight excluding hydrogens is 224 g/mol. The number of nitrogens with zero attached hydrogens (tertiary/aromatic N) is 5. The van der Waals surface area contributed by atoms with Gasteiger partial charge in [-0.1, -0.05) is 0 Å². The summed E-state index contributed by atoms with van der Waals surface area (Å²) in [6.45, 7) is 2.51. The van der Waals surface area contributed by atoms with Gasteiger partial charge in [0.1, 0.15) is 18.5 Å². The summed E-state index contributed by atoms with van der Waals surface area (Å²) in [6, 6.07) is 2.72. The lowest BCUT2D eigenvalue weighted by Gasteiger charge is -2.05. The monoisotopic (exact) mass is 234 g/mol. The van der Waals surface area contributed by atoms with E-state index in [1.54, 1.807) is 0 Å². The first-order valence-electron chi connectivity index (χ1n) is 4.96. The third-order valence-corrected chi connectivity index (χ3v) is 2.02. The fourth-order valence-corrected chi connectivity index (χ4v) is 1.32. The fraction of sp³-hybridized carbons (Fsp3) is 0.222. The molecule has 0 radical (unpaired) electrons. The van der Waals surface area contributed by atoms with Gasteiger partial charge in [-0.15, -0.1) is 0 Å². The first-order valence-corrected chi connectivity index (χ1v) is 4.96. The van der Waals surface area contributed by atoms with Crippen molar-refractivity contribution in [3.63, 3.8) is 0 Å². The van der Waals surface area contributed by atoms with Crippen molar-refractivity contribution in [3.05, 3.63) is 34.9 Å². The highest BCUT2D eigenvalue weighted by Gasteiger charge is 2.12. The Morgan fingerprint density at radius 2 is 2.35 bits per heavy atom. The number of nitrogens with one attached hydrogen (secondary N) is 1.